The van der Waals surface area contributed by atoms with Gasteiger partial charge in [-0.3, -0.25) is 9.48 Å². The molecule has 0 unspecified atom stereocenters. The molecule has 23 heavy (non-hydrogen) atoms. The summed E-state index contributed by atoms with van der Waals surface area (Å²) >= 11 is 0. The fraction of sp³-hybridized carbons (Fsp3) is 0.412. The van der Waals surface area contributed by atoms with E-state index < -0.39 is 0 Å². The van der Waals surface area contributed by atoms with Crippen molar-refractivity contribution in [2.24, 2.45) is 0 Å². The first-order valence-electron chi connectivity index (χ1n) is 7.70. The van der Waals surface area contributed by atoms with Gasteiger partial charge in [0.2, 0.25) is 5.91 Å². The lowest BCUT2D eigenvalue weighted by atomic mass is 10.3. The summed E-state index contributed by atoms with van der Waals surface area (Å²) in [7, 11) is 1.63. The van der Waals surface area contributed by atoms with Gasteiger partial charge in [0, 0.05) is 25.7 Å². The number of methoxy groups -OCH3 is 1. The Kier molecular flexibility index (Phi) is 6.47. The van der Waals surface area contributed by atoms with Gasteiger partial charge in [-0.05, 0) is 43.2 Å². The van der Waals surface area contributed by atoms with E-state index in [0.717, 1.165) is 23.5 Å². The van der Waals surface area contributed by atoms with E-state index in [1.165, 1.54) is 0 Å². The number of hydrogen-bond donors (Lipinski definition) is 1. The minimum atomic E-state index is 0.0302. The number of rotatable bonds is 9. The molecule has 0 atom stereocenters. The highest BCUT2D eigenvalue weighted by molar-refractivity contribution is 5.75. The highest BCUT2D eigenvalue weighted by Crippen LogP contribution is 2.16. The van der Waals surface area contributed by atoms with Crippen LogP contribution < -0.4 is 14.8 Å². The fourth-order valence-corrected chi connectivity index (χ4v) is 2.06. The number of aryl methyl sites for hydroxylation is 2. The first-order valence-corrected chi connectivity index (χ1v) is 7.70. The van der Waals surface area contributed by atoms with Crippen molar-refractivity contribution in [3.8, 4) is 11.5 Å². The van der Waals surface area contributed by atoms with Crippen molar-refractivity contribution in [2.75, 3.05) is 20.3 Å². The second-order valence-electron chi connectivity index (χ2n) is 5.26. The van der Waals surface area contributed by atoms with Gasteiger partial charge in [0.1, 0.15) is 11.5 Å². The molecule has 0 bridgehead atoms. The van der Waals surface area contributed by atoms with E-state index in [0.29, 0.717) is 26.1 Å². The molecule has 2 aromatic rings. The third kappa shape index (κ3) is 6.02. The van der Waals surface area contributed by atoms with Crippen LogP contribution in [0.25, 0.3) is 0 Å². The molecule has 1 N–H and O–H groups in total. The van der Waals surface area contributed by atoms with Gasteiger partial charge < -0.3 is 14.8 Å². The van der Waals surface area contributed by atoms with E-state index in [1.54, 1.807) is 18.0 Å². The summed E-state index contributed by atoms with van der Waals surface area (Å²) in [6.07, 6.45) is 4.91. The van der Waals surface area contributed by atoms with Gasteiger partial charge in [0.05, 0.1) is 19.9 Å². The van der Waals surface area contributed by atoms with Crippen LogP contribution in [0.3, 0.4) is 0 Å². The van der Waals surface area contributed by atoms with Crippen LogP contribution in [0.1, 0.15) is 18.4 Å². The lowest BCUT2D eigenvalue weighted by Gasteiger charge is -2.08. The number of benzene rings is 1. The fourth-order valence-electron chi connectivity index (χ4n) is 2.06. The molecule has 0 spiro atoms. The molecule has 2 rings (SSSR count). The molecule has 1 amide bonds. The molecule has 1 aromatic carbocycles. The van der Waals surface area contributed by atoms with Crippen LogP contribution in [0.15, 0.2) is 36.7 Å². The van der Waals surface area contributed by atoms with Gasteiger partial charge in [-0.1, -0.05) is 0 Å². The number of aromatic nitrogens is 2. The van der Waals surface area contributed by atoms with Crippen LogP contribution in [0.4, 0.5) is 0 Å². The molecule has 1 aromatic heterocycles. The predicted octanol–water partition coefficient (Wildman–Crippen LogP) is 2.18. The minimum Gasteiger partial charge on any atom is -0.497 e. The lowest BCUT2D eigenvalue weighted by molar-refractivity contribution is -0.121. The zero-order chi connectivity index (χ0) is 16.5. The number of nitrogens with zero attached hydrogens (tertiary/aromatic N) is 2. The van der Waals surface area contributed by atoms with Crippen LogP contribution in [0.5, 0.6) is 11.5 Å². The van der Waals surface area contributed by atoms with Gasteiger partial charge >= 0.3 is 0 Å². The van der Waals surface area contributed by atoms with E-state index in [4.69, 9.17) is 9.47 Å². The second-order valence-corrected chi connectivity index (χ2v) is 5.26. The van der Waals surface area contributed by atoms with Crippen molar-refractivity contribution < 1.29 is 14.3 Å². The van der Waals surface area contributed by atoms with Crippen LogP contribution in [-0.4, -0.2) is 35.9 Å². The molecular formula is C17H23N3O3. The Hall–Kier alpha value is -2.50. The second kappa shape index (κ2) is 8.82. The lowest BCUT2D eigenvalue weighted by Crippen LogP contribution is -2.26. The molecule has 6 heteroatoms. The SMILES string of the molecule is COc1ccc(OCCCNC(=O)CCn2cc(C)cn2)cc1. The standard InChI is InChI=1S/C17H23N3O3/c1-14-12-19-20(13-14)10-8-17(21)18-9-3-11-23-16-6-4-15(22-2)5-7-16/h4-7,12-13H,3,8-11H2,1-2H3,(H,18,21). The van der Waals surface area contributed by atoms with E-state index in [-0.39, 0.29) is 5.91 Å². The Morgan fingerprint density at radius 1 is 1.26 bits per heavy atom. The Balaban J connectivity index is 1.55. The number of amides is 1. The van der Waals surface area contributed by atoms with Gasteiger partial charge in [-0.15, -0.1) is 0 Å². The summed E-state index contributed by atoms with van der Waals surface area (Å²) in [6.45, 7) is 3.74. The Labute approximate surface area is 136 Å². The van der Waals surface area contributed by atoms with Crippen LogP contribution in [0.2, 0.25) is 0 Å². The number of ether oxygens (including phenoxy) is 2. The first kappa shape index (κ1) is 16.9. The molecule has 0 saturated heterocycles. The molecular weight excluding hydrogens is 294 g/mol. The summed E-state index contributed by atoms with van der Waals surface area (Å²) in [5.41, 5.74) is 1.10. The topological polar surface area (TPSA) is 65.4 Å². The highest BCUT2D eigenvalue weighted by Gasteiger charge is 2.02. The first-order chi connectivity index (χ1) is 11.2. The summed E-state index contributed by atoms with van der Waals surface area (Å²) in [5.74, 6) is 1.63. The zero-order valence-electron chi connectivity index (χ0n) is 13.6. The van der Waals surface area contributed by atoms with Crippen molar-refractivity contribution in [1.29, 1.82) is 0 Å². The van der Waals surface area contributed by atoms with E-state index in [9.17, 15) is 4.79 Å². The van der Waals surface area contributed by atoms with Gasteiger partial charge in [-0.25, -0.2) is 0 Å². The van der Waals surface area contributed by atoms with Crippen molar-refractivity contribution in [3.63, 3.8) is 0 Å². The molecule has 0 saturated carbocycles. The number of carbonyl (C=O) groups excluding carboxylic acids is 1. The maximum absolute atomic E-state index is 11.7. The number of carbonyl (C=O) groups is 1. The van der Waals surface area contributed by atoms with Gasteiger partial charge in [0.15, 0.2) is 0 Å². The summed E-state index contributed by atoms with van der Waals surface area (Å²) in [5, 5.41) is 7.04. The Bertz CT molecular complexity index is 608. The minimum absolute atomic E-state index is 0.0302. The van der Waals surface area contributed by atoms with E-state index in [1.807, 2.05) is 37.4 Å². The third-order valence-electron chi connectivity index (χ3n) is 3.30. The molecule has 6 nitrogen and oxygen atoms in total. The quantitative estimate of drug-likeness (QED) is 0.720. The van der Waals surface area contributed by atoms with Gasteiger partial charge in [-0.2, -0.15) is 5.10 Å². The average molecular weight is 317 g/mol. The molecule has 0 aliphatic heterocycles. The largest absolute Gasteiger partial charge is 0.497 e. The highest BCUT2D eigenvalue weighted by atomic mass is 16.5. The van der Waals surface area contributed by atoms with Crippen molar-refractivity contribution in [3.05, 3.63) is 42.2 Å². The maximum atomic E-state index is 11.7. The zero-order valence-corrected chi connectivity index (χ0v) is 13.6. The molecule has 0 radical (unpaired) electrons. The smallest absolute Gasteiger partial charge is 0.221 e. The number of hydrogen-bond acceptors (Lipinski definition) is 4. The molecule has 124 valence electrons. The molecule has 0 aliphatic carbocycles. The monoisotopic (exact) mass is 317 g/mol. The van der Waals surface area contributed by atoms with E-state index >= 15 is 0 Å². The summed E-state index contributed by atoms with van der Waals surface area (Å²) in [6, 6.07) is 7.44. The Morgan fingerprint density at radius 2 is 2.00 bits per heavy atom. The van der Waals surface area contributed by atoms with Crippen molar-refractivity contribution >= 4 is 5.91 Å². The predicted molar refractivity (Wildman–Crippen MR) is 87.7 cm³/mol. The molecule has 1 heterocycles. The van der Waals surface area contributed by atoms with Crippen LogP contribution >= 0.6 is 0 Å². The average Bonchev–Trinajstić information content (AvgIpc) is 2.98. The third-order valence-corrected chi connectivity index (χ3v) is 3.30. The molecule has 0 fully saturated rings. The summed E-state index contributed by atoms with van der Waals surface area (Å²) in [4.78, 5) is 11.7. The maximum Gasteiger partial charge on any atom is 0.221 e. The van der Waals surface area contributed by atoms with Crippen LogP contribution in [0, 0.1) is 6.92 Å². The normalized spacial score (nSPS) is 10.3. The van der Waals surface area contributed by atoms with Crippen molar-refractivity contribution in [1.82, 2.24) is 15.1 Å². The Morgan fingerprint density at radius 3 is 2.65 bits per heavy atom. The van der Waals surface area contributed by atoms with Crippen LogP contribution in [-0.2, 0) is 11.3 Å². The van der Waals surface area contributed by atoms with Gasteiger partial charge in [0.25, 0.3) is 0 Å². The van der Waals surface area contributed by atoms with E-state index in [2.05, 4.69) is 10.4 Å². The number of nitrogens with one attached hydrogen (secondary N) is 1. The summed E-state index contributed by atoms with van der Waals surface area (Å²) < 4.78 is 12.5. The molecule has 0 aliphatic rings. The van der Waals surface area contributed by atoms with Crippen molar-refractivity contribution in [2.45, 2.75) is 26.3 Å².